The predicted octanol–water partition coefficient (Wildman–Crippen LogP) is 5.43. The Kier molecular flexibility index (Phi) is 6.79. The van der Waals surface area contributed by atoms with Gasteiger partial charge in [0.15, 0.2) is 0 Å². The Hall–Kier alpha value is -3.38. The van der Waals surface area contributed by atoms with Crippen molar-refractivity contribution >= 4 is 27.6 Å². The van der Waals surface area contributed by atoms with Gasteiger partial charge in [-0.2, -0.15) is 4.37 Å². The molecule has 3 aromatic carbocycles. The molecule has 0 bridgehead atoms. The lowest BCUT2D eigenvalue weighted by Gasteiger charge is -2.17. The summed E-state index contributed by atoms with van der Waals surface area (Å²) >= 11 is 1.35. The number of nitrogens with zero attached hydrogens (tertiary/aromatic N) is 1. The molecule has 158 valence electrons. The lowest BCUT2D eigenvalue weighted by Crippen LogP contribution is -2.31. The SMILES string of the molecule is CCOC(=O)C(Cc1ccc(OCc2ccccc2)cc1)Oc1nsc2ccccc12. The molecule has 0 aliphatic heterocycles. The second kappa shape index (κ2) is 10.1. The second-order valence-electron chi connectivity index (χ2n) is 6.96. The van der Waals surface area contributed by atoms with Crippen molar-refractivity contribution in [1.29, 1.82) is 0 Å². The van der Waals surface area contributed by atoms with Crippen LogP contribution >= 0.6 is 11.5 Å². The molecule has 0 radical (unpaired) electrons. The smallest absolute Gasteiger partial charge is 0.347 e. The fraction of sp³-hybridized carbons (Fsp3) is 0.200. The van der Waals surface area contributed by atoms with E-state index in [1.54, 1.807) is 6.92 Å². The molecular formula is C25H23NO4S. The average molecular weight is 434 g/mol. The standard InChI is InChI=1S/C25H23NO4S/c1-2-28-25(27)22(30-24-21-10-6-7-11-23(21)31-26-24)16-18-12-14-20(15-13-18)29-17-19-8-4-3-5-9-19/h3-15,22H,2,16-17H2,1H3. The molecule has 0 spiro atoms. The van der Waals surface area contributed by atoms with Crippen LogP contribution in [0.2, 0.25) is 0 Å². The lowest BCUT2D eigenvalue weighted by atomic mass is 10.1. The molecule has 0 N–H and O–H groups in total. The van der Waals surface area contributed by atoms with Gasteiger partial charge in [0, 0.05) is 6.42 Å². The van der Waals surface area contributed by atoms with Crippen LogP contribution in [0, 0.1) is 0 Å². The van der Waals surface area contributed by atoms with Gasteiger partial charge < -0.3 is 14.2 Å². The van der Waals surface area contributed by atoms with Gasteiger partial charge in [-0.25, -0.2) is 4.79 Å². The fourth-order valence-corrected chi connectivity index (χ4v) is 3.88. The summed E-state index contributed by atoms with van der Waals surface area (Å²) in [6, 6.07) is 25.5. The Morgan fingerprint density at radius 1 is 0.935 bits per heavy atom. The Balaban J connectivity index is 1.44. The first-order valence-corrected chi connectivity index (χ1v) is 10.9. The van der Waals surface area contributed by atoms with Crippen molar-refractivity contribution in [2.75, 3.05) is 6.61 Å². The molecule has 31 heavy (non-hydrogen) atoms. The minimum Gasteiger partial charge on any atom is -0.489 e. The number of esters is 1. The van der Waals surface area contributed by atoms with Crippen LogP contribution in [-0.4, -0.2) is 23.1 Å². The number of ether oxygens (including phenoxy) is 3. The number of carbonyl (C=O) groups is 1. The minimum atomic E-state index is -0.776. The Morgan fingerprint density at radius 2 is 1.68 bits per heavy atom. The molecule has 0 aliphatic rings. The van der Waals surface area contributed by atoms with Crippen molar-refractivity contribution in [3.05, 3.63) is 90.0 Å². The zero-order chi connectivity index (χ0) is 21.5. The summed E-state index contributed by atoms with van der Waals surface area (Å²) in [6.07, 6.45) is -0.398. The lowest BCUT2D eigenvalue weighted by molar-refractivity contribution is -0.151. The average Bonchev–Trinajstić information content (AvgIpc) is 3.22. The first-order valence-electron chi connectivity index (χ1n) is 10.2. The summed E-state index contributed by atoms with van der Waals surface area (Å²) in [6.45, 7) is 2.58. The first kappa shape index (κ1) is 20.9. The maximum atomic E-state index is 12.5. The summed E-state index contributed by atoms with van der Waals surface area (Å²) in [5, 5.41) is 0.895. The van der Waals surface area contributed by atoms with E-state index in [9.17, 15) is 4.79 Å². The van der Waals surface area contributed by atoms with Crippen molar-refractivity contribution in [3.63, 3.8) is 0 Å². The molecule has 5 nitrogen and oxygen atoms in total. The van der Waals surface area contributed by atoms with Crippen molar-refractivity contribution in [2.45, 2.75) is 26.1 Å². The molecule has 1 unspecified atom stereocenters. The van der Waals surface area contributed by atoms with Gasteiger partial charge in [0.1, 0.15) is 12.4 Å². The molecule has 0 aliphatic carbocycles. The van der Waals surface area contributed by atoms with E-state index in [0.717, 1.165) is 27.0 Å². The number of benzene rings is 3. The monoisotopic (exact) mass is 433 g/mol. The van der Waals surface area contributed by atoms with Gasteiger partial charge >= 0.3 is 5.97 Å². The van der Waals surface area contributed by atoms with Crippen molar-refractivity contribution in [3.8, 4) is 11.6 Å². The van der Waals surface area contributed by atoms with Crippen LogP contribution in [0.25, 0.3) is 10.1 Å². The van der Waals surface area contributed by atoms with E-state index in [1.165, 1.54) is 11.5 Å². The zero-order valence-electron chi connectivity index (χ0n) is 17.2. The Morgan fingerprint density at radius 3 is 2.45 bits per heavy atom. The van der Waals surface area contributed by atoms with Crippen molar-refractivity contribution in [1.82, 2.24) is 4.37 Å². The van der Waals surface area contributed by atoms with E-state index >= 15 is 0 Å². The van der Waals surface area contributed by atoms with Gasteiger partial charge in [0.25, 0.3) is 0 Å². The highest BCUT2D eigenvalue weighted by Crippen LogP contribution is 2.29. The number of rotatable bonds is 9. The van der Waals surface area contributed by atoms with Crippen molar-refractivity contribution < 1.29 is 19.0 Å². The molecule has 6 heteroatoms. The van der Waals surface area contributed by atoms with Gasteiger partial charge in [-0.1, -0.05) is 54.6 Å². The van der Waals surface area contributed by atoms with E-state index in [0.29, 0.717) is 25.5 Å². The molecule has 0 saturated heterocycles. The third-order valence-electron chi connectivity index (χ3n) is 4.74. The maximum absolute atomic E-state index is 12.5. The number of fused-ring (bicyclic) bond motifs is 1. The summed E-state index contributed by atoms with van der Waals surface area (Å²) in [7, 11) is 0. The number of hydrogen-bond donors (Lipinski definition) is 0. The Labute approximate surface area is 185 Å². The number of hydrogen-bond acceptors (Lipinski definition) is 6. The molecule has 0 saturated carbocycles. The van der Waals surface area contributed by atoms with Crippen LogP contribution < -0.4 is 9.47 Å². The largest absolute Gasteiger partial charge is 0.489 e. The summed E-state index contributed by atoms with van der Waals surface area (Å²) < 4.78 is 22.5. The normalized spacial score (nSPS) is 11.8. The van der Waals surface area contributed by atoms with E-state index < -0.39 is 12.1 Å². The molecule has 0 amide bonds. The molecule has 4 aromatic rings. The van der Waals surface area contributed by atoms with Crippen molar-refractivity contribution in [2.24, 2.45) is 0 Å². The maximum Gasteiger partial charge on any atom is 0.347 e. The summed E-state index contributed by atoms with van der Waals surface area (Å²) in [5.41, 5.74) is 2.06. The molecule has 1 aromatic heterocycles. The quantitative estimate of drug-likeness (QED) is 0.330. The minimum absolute atomic E-state index is 0.294. The van der Waals surface area contributed by atoms with E-state index in [2.05, 4.69) is 4.37 Å². The van der Waals surface area contributed by atoms with E-state index in [1.807, 2.05) is 78.9 Å². The molecule has 1 atom stereocenters. The van der Waals surface area contributed by atoms with Gasteiger partial charge in [-0.3, -0.25) is 0 Å². The van der Waals surface area contributed by atoms with E-state index in [4.69, 9.17) is 14.2 Å². The molecular weight excluding hydrogens is 410 g/mol. The van der Waals surface area contributed by atoms with Crippen LogP contribution in [0.1, 0.15) is 18.1 Å². The number of aromatic nitrogens is 1. The highest BCUT2D eigenvalue weighted by atomic mass is 32.1. The van der Waals surface area contributed by atoms with E-state index in [-0.39, 0.29) is 0 Å². The molecule has 0 fully saturated rings. The third kappa shape index (κ3) is 5.41. The fourth-order valence-electron chi connectivity index (χ4n) is 3.17. The first-order chi connectivity index (χ1) is 15.2. The second-order valence-corrected chi connectivity index (χ2v) is 7.77. The van der Waals surface area contributed by atoms with Crippen LogP contribution in [0.15, 0.2) is 78.9 Å². The highest BCUT2D eigenvalue weighted by molar-refractivity contribution is 7.13. The Bertz CT molecular complexity index is 1130. The topological polar surface area (TPSA) is 57.7 Å². The zero-order valence-corrected chi connectivity index (χ0v) is 18.0. The van der Waals surface area contributed by atoms with Crippen LogP contribution in [0.4, 0.5) is 0 Å². The van der Waals surface area contributed by atoms with Crippen LogP contribution in [0.5, 0.6) is 11.6 Å². The molecule has 1 heterocycles. The van der Waals surface area contributed by atoms with Crippen LogP contribution in [0.3, 0.4) is 0 Å². The van der Waals surface area contributed by atoms with Gasteiger partial charge in [-0.05, 0) is 53.8 Å². The van der Waals surface area contributed by atoms with Gasteiger partial charge in [-0.15, -0.1) is 0 Å². The third-order valence-corrected chi connectivity index (χ3v) is 5.55. The molecule has 4 rings (SSSR count). The predicted molar refractivity (Wildman–Crippen MR) is 122 cm³/mol. The van der Waals surface area contributed by atoms with Crippen LogP contribution in [-0.2, 0) is 22.6 Å². The summed E-state index contributed by atoms with van der Waals surface area (Å²) in [4.78, 5) is 12.5. The highest BCUT2D eigenvalue weighted by Gasteiger charge is 2.24. The summed E-state index contributed by atoms with van der Waals surface area (Å²) in [5.74, 6) is 0.831. The number of carbonyl (C=O) groups excluding carboxylic acids is 1. The van der Waals surface area contributed by atoms with Gasteiger partial charge in [0.05, 0.1) is 16.7 Å². The van der Waals surface area contributed by atoms with Gasteiger partial charge in [0.2, 0.25) is 12.0 Å².